The molecule has 1 aromatic rings. The van der Waals surface area contributed by atoms with E-state index < -0.39 is 0 Å². The molecule has 0 aliphatic carbocycles. The molecule has 0 aliphatic rings. The van der Waals surface area contributed by atoms with E-state index in [0.29, 0.717) is 0 Å². The molecule has 0 amide bonds. The second-order valence-electron chi connectivity index (χ2n) is 4.60. The van der Waals surface area contributed by atoms with Gasteiger partial charge in [0.15, 0.2) is 5.96 Å². The van der Waals surface area contributed by atoms with Crippen LogP contribution in [0.3, 0.4) is 0 Å². The molecule has 2 N–H and O–H groups in total. The molecule has 0 atom stereocenters. The summed E-state index contributed by atoms with van der Waals surface area (Å²) >= 11 is 1.82. The van der Waals surface area contributed by atoms with Crippen molar-refractivity contribution in [2.45, 2.75) is 26.7 Å². The van der Waals surface area contributed by atoms with Crippen LogP contribution in [0.5, 0.6) is 0 Å². The first kappa shape index (κ1) is 20.6. The van der Waals surface area contributed by atoms with Crippen LogP contribution in [0.1, 0.15) is 25.0 Å². The maximum Gasteiger partial charge on any atom is 0.191 e. The highest BCUT2D eigenvalue weighted by Crippen LogP contribution is 2.05. The minimum absolute atomic E-state index is 0. The molecule has 5 heteroatoms. The van der Waals surface area contributed by atoms with Gasteiger partial charge >= 0.3 is 0 Å². The Bertz CT molecular complexity index is 393. The molecular weight excluding hydrogens is 393 g/mol. The molecule has 0 saturated heterocycles. The van der Waals surface area contributed by atoms with Gasteiger partial charge in [0, 0.05) is 18.8 Å². The van der Waals surface area contributed by atoms with E-state index in [2.05, 4.69) is 60.0 Å². The SMILES string of the molecule is CCNC(=NCCSC)NCCc1ccc(CC)cc1.I. The monoisotopic (exact) mass is 421 g/mol. The molecule has 0 bridgehead atoms. The van der Waals surface area contributed by atoms with E-state index in [1.54, 1.807) is 0 Å². The minimum atomic E-state index is 0. The highest BCUT2D eigenvalue weighted by atomic mass is 127. The number of halogens is 1. The standard InChI is InChI=1S/C16H27N3S.HI/c1-4-14-6-8-15(9-7-14)10-11-18-16(17-5-2)19-12-13-20-3;/h6-9H,4-5,10-13H2,1-3H3,(H2,17,18,19);1H. The van der Waals surface area contributed by atoms with E-state index in [-0.39, 0.29) is 24.0 Å². The smallest absolute Gasteiger partial charge is 0.191 e. The van der Waals surface area contributed by atoms with Crippen molar-refractivity contribution in [1.29, 1.82) is 0 Å². The van der Waals surface area contributed by atoms with E-state index in [4.69, 9.17) is 0 Å². The number of nitrogens with one attached hydrogen (secondary N) is 2. The number of thioether (sulfide) groups is 1. The second-order valence-corrected chi connectivity index (χ2v) is 5.59. The zero-order chi connectivity index (χ0) is 14.6. The number of nitrogens with zero attached hydrogens (tertiary/aromatic N) is 1. The molecule has 0 heterocycles. The van der Waals surface area contributed by atoms with Crippen molar-refractivity contribution in [3.05, 3.63) is 35.4 Å². The Balaban J connectivity index is 0.00000400. The van der Waals surface area contributed by atoms with Crippen LogP contribution in [-0.4, -0.2) is 37.6 Å². The molecule has 0 unspecified atom stereocenters. The molecule has 0 aliphatic heterocycles. The first-order valence-electron chi connectivity index (χ1n) is 7.39. The van der Waals surface area contributed by atoms with E-state index in [9.17, 15) is 0 Å². The molecule has 0 spiro atoms. The summed E-state index contributed by atoms with van der Waals surface area (Å²) in [6, 6.07) is 8.87. The lowest BCUT2D eigenvalue weighted by molar-refractivity contribution is 0.803. The zero-order valence-corrected chi connectivity index (χ0v) is 16.5. The molecule has 3 nitrogen and oxygen atoms in total. The summed E-state index contributed by atoms with van der Waals surface area (Å²) in [7, 11) is 0. The Morgan fingerprint density at radius 1 is 1.10 bits per heavy atom. The Morgan fingerprint density at radius 2 is 1.76 bits per heavy atom. The summed E-state index contributed by atoms with van der Waals surface area (Å²) < 4.78 is 0. The van der Waals surface area contributed by atoms with Crippen LogP contribution in [0, 0.1) is 0 Å². The fraction of sp³-hybridized carbons (Fsp3) is 0.562. The predicted molar refractivity (Wildman–Crippen MR) is 107 cm³/mol. The van der Waals surface area contributed by atoms with E-state index >= 15 is 0 Å². The molecule has 1 rings (SSSR count). The summed E-state index contributed by atoms with van der Waals surface area (Å²) in [5, 5.41) is 6.66. The quantitative estimate of drug-likeness (QED) is 0.293. The highest BCUT2D eigenvalue weighted by molar-refractivity contribution is 14.0. The number of benzene rings is 1. The van der Waals surface area contributed by atoms with Gasteiger partial charge in [-0.3, -0.25) is 4.99 Å². The van der Waals surface area contributed by atoms with Crippen molar-refractivity contribution < 1.29 is 0 Å². The van der Waals surface area contributed by atoms with Crippen molar-refractivity contribution in [3.63, 3.8) is 0 Å². The van der Waals surface area contributed by atoms with E-state index in [0.717, 1.165) is 44.2 Å². The Hall–Kier alpha value is -0.430. The predicted octanol–water partition coefficient (Wildman–Crippen LogP) is 3.33. The first-order chi connectivity index (χ1) is 9.80. The van der Waals surface area contributed by atoms with Gasteiger partial charge in [-0.15, -0.1) is 24.0 Å². The van der Waals surface area contributed by atoms with Gasteiger partial charge in [0.05, 0.1) is 6.54 Å². The lowest BCUT2D eigenvalue weighted by atomic mass is 10.1. The largest absolute Gasteiger partial charge is 0.357 e. The van der Waals surface area contributed by atoms with Gasteiger partial charge in [-0.1, -0.05) is 31.2 Å². The van der Waals surface area contributed by atoms with Crippen molar-refractivity contribution in [1.82, 2.24) is 10.6 Å². The lowest BCUT2D eigenvalue weighted by Gasteiger charge is -2.11. The van der Waals surface area contributed by atoms with Gasteiger partial charge in [-0.25, -0.2) is 0 Å². The van der Waals surface area contributed by atoms with Crippen molar-refractivity contribution in [3.8, 4) is 0 Å². The van der Waals surface area contributed by atoms with Crippen LogP contribution in [0.2, 0.25) is 0 Å². The second kappa shape index (κ2) is 13.2. The summed E-state index contributed by atoms with van der Waals surface area (Å²) in [5.41, 5.74) is 2.77. The number of hydrogen-bond acceptors (Lipinski definition) is 2. The molecule has 0 fully saturated rings. The van der Waals surface area contributed by atoms with Gasteiger partial charge in [0.1, 0.15) is 0 Å². The highest BCUT2D eigenvalue weighted by Gasteiger charge is 1.98. The third kappa shape index (κ3) is 9.24. The molecule has 0 radical (unpaired) electrons. The maximum atomic E-state index is 4.54. The number of aliphatic imine (C=N–C) groups is 1. The summed E-state index contributed by atoms with van der Waals surface area (Å²) in [6.45, 7) is 6.95. The van der Waals surface area contributed by atoms with E-state index in [1.807, 2.05) is 11.8 Å². The molecular formula is C16H28IN3S. The minimum Gasteiger partial charge on any atom is -0.357 e. The number of rotatable bonds is 8. The van der Waals surface area contributed by atoms with Crippen LogP contribution in [0.15, 0.2) is 29.3 Å². The first-order valence-corrected chi connectivity index (χ1v) is 8.78. The lowest BCUT2D eigenvalue weighted by Crippen LogP contribution is -2.38. The Kier molecular flexibility index (Phi) is 13.0. The fourth-order valence-electron chi connectivity index (χ4n) is 1.86. The number of aryl methyl sites for hydroxylation is 1. The van der Waals surface area contributed by atoms with Crippen LogP contribution >= 0.6 is 35.7 Å². The van der Waals surface area contributed by atoms with Crippen molar-refractivity contribution in [2.24, 2.45) is 4.99 Å². The number of hydrogen-bond donors (Lipinski definition) is 2. The van der Waals surface area contributed by atoms with Gasteiger partial charge in [0.2, 0.25) is 0 Å². The topological polar surface area (TPSA) is 36.4 Å². The van der Waals surface area contributed by atoms with Crippen LogP contribution in [-0.2, 0) is 12.8 Å². The third-order valence-corrected chi connectivity index (χ3v) is 3.64. The molecule has 120 valence electrons. The summed E-state index contributed by atoms with van der Waals surface area (Å²) in [5.74, 6) is 1.99. The summed E-state index contributed by atoms with van der Waals surface area (Å²) in [6.07, 6.45) is 4.23. The average molecular weight is 421 g/mol. The van der Waals surface area contributed by atoms with Crippen molar-refractivity contribution in [2.75, 3.05) is 31.6 Å². The molecule has 1 aromatic carbocycles. The summed E-state index contributed by atoms with van der Waals surface area (Å²) in [4.78, 5) is 4.54. The molecule has 21 heavy (non-hydrogen) atoms. The molecule has 0 saturated carbocycles. The van der Waals surface area contributed by atoms with Gasteiger partial charge in [-0.05, 0) is 37.1 Å². The Morgan fingerprint density at radius 3 is 2.33 bits per heavy atom. The maximum absolute atomic E-state index is 4.54. The van der Waals surface area contributed by atoms with Gasteiger partial charge in [0.25, 0.3) is 0 Å². The Labute approximate surface area is 150 Å². The van der Waals surface area contributed by atoms with Crippen molar-refractivity contribution >= 4 is 41.7 Å². The van der Waals surface area contributed by atoms with Crippen LogP contribution in [0.4, 0.5) is 0 Å². The zero-order valence-electron chi connectivity index (χ0n) is 13.3. The van der Waals surface area contributed by atoms with Gasteiger partial charge < -0.3 is 10.6 Å². The third-order valence-electron chi connectivity index (χ3n) is 3.05. The molecule has 0 aromatic heterocycles. The fourth-order valence-corrected chi connectivity index (χ4v) is 2.13. The van der Waals surface area contributed by atoms with Gasteiger partial charge in [-0.2, -0.15) is 11.8 Å². The van der Waals surface area contributed by atoms with Crippen LogP contribution < -0.4 is 10.6 Å². The average Bonchev–Trinajstić information content (AvgIpc) is 2.48. The van der Waals surface area contributed by atoms with Crippen LogP contribution in [0.25, 0.3) is 0 Å². The number of guanidine groups is 1. The van der Waals surface area contributed by atoms with E-state index in [1.165, 1.54) is 11.1 Å². The normalized spacial score (nSPS) is 10.9.